The summed E-state index contributed by atoms with van der Waals surface area (Å²) in [4.78, 5) is 16.7. The average molecular weight is 457 g/mol. The van der Waals surface area contributed by atoms with Crippen molar-refractivity contribution in [3.63, 3.8) is 0 Å². The fourth-order valence-corrected chi connectivity index (χ4v) is 3.87. The molecule has 3 aromatic rings. The molecule has 3 N–H and O–H groups in total. The molecule has 0 spiro atoms. The van der Waals surface area contributed by atoms with Crippen LogP contribution < -0.4 is 11.1 Å². The molecule has 0 aliphatic rings. The third-order valence-corrected chi connectivity index (χ3v) is 5.39. The third-order valence-electron chi connectivity index (χ3n) is 3.33. The molecule has 8 heteroatoms. The molecule has 0 saturated heterocycles. The number of nitrogens with zero attached hydrogens (tertiary/aromatic N) is 1. The summed E-state index contributed by atoms with van der Waals surface area (Å²) < 4.78 is 0.983. The van der Waals surface area contributed by atoms with Crippen LogP contribution in [0.15, 0.2) is 46.3 Å². The van der Waals surface area contributed by atoms with Crippen LogP contribution in [0.25, 0.3) is 10.6 Å². The van der Waals surface area contributed by atoms with Crippen LogP contribution in [0, 0.1) is 0 Å². The van der Waals surface area contributed by atoms with Gasteiger partial charge in [0.05, 0.1) is 27.8 Å². The Bertz CT molecular complexity index is 922. The van der Waals surface area contributed by atoms with Crippen molar-refractivity contribution in [1.82, 2.24) is 4.98 Å². The number of benzene rings is 2. The van der Waals surface area contributed by atoms with E-state index in [2.05, 4.69) is 26.2 Å². The first-order chi connectivity index (χ1) is 11.9. The Hall–Kier alpha value is -1.60. The average Bonchev–Trinajstić information content (AvgIpc) is 3.01. The summed E-state index contributed by atoms with van der Waals surface area (Å²) in [5, 5.41) is 6.09. The standard InChI is InChI=1S/C17H12BrCl2N3OS/c18-10-3-1-2-9(4-10)17-23-12(8-25-17)7-15(24)22-11-5-13(19)16(21)14(20)6-11/h1-6,8H,7,21H2,(H,22,24). The number of carbonyl (C=O) groups excluding carboxylic acids is 1. The maximum absolute atomic E-state index is 12.2. The predicted octanol–water partition coefficient (Wildman–Crippen LogP) is 5.64. The van der Waals surface area contributed by atoms with E-state index >= 15 is 0 Å². The molecule has 0 aliphatic heterocycles. The second-order valence-corrected chi connectivity index (χ2v) is 7.82. The van der Waals surface area contributed by atoms with E-state index in [1.54, 1.807) is 12.1 Å². The maximum atomic E-state index is 12.2. The Balaban J connectivity index is 1.70. The number of halogens is 3. The van der Waals surface area contributed by atoms with Gasteiger partial charge < -0.3 is 11.1 Å². The number of thiazole rings is 1. The number of anilines is 2. The molecule has 0 radical (unpaired) electrons. The van der Waals surface area contributed by atoms with E-state index in [4.69, 9.17) is 28.9 Å². The fraction of sp³-hybridized carbons (Fsp3) is 0.0588. The molecular weight excluding hydrogens is 445 g/mol. The lowest BCUT2D eigenvalue weighted by atomic mass is 10.2. The zero-order valence-electron chi connectivity index (χ0n) is 12.7. The molecule has 1 amide bonds. The van der Waals surface area contributed by atoms with Crippen molar-refractivity contribution in [1.29, 1.82) is 0 Å². The Morgan fingerprint density at radius 3 is 2.64 bits per heavy atom. The molecule has 2 aromatic carbocycles. The second kappa shape index (κ2) is 7.74. The van der Waals surface area contributed by atoms with Gasteiger partial charge in [-0.3, -0.25) is 4.79 Å². The van der Waals surface area contributed by atoms with Gasteiger partial charge in [0.2, 0.25) is 5.91 Å². The van der Waals surface area contributed by atoms with E-state index in [-0.39, 0.29) is 12.3 Å². The molecule has 0 bridgehead atoms. The number of amides is 1. The van der Waals surface area contributed by atoms with Gasteiger partial charge in [-0.1, -0.05) is 51.3 Å². The van der Waals surface area contributed by atoms with Gasteiger partial charge in [0, 0.05) is 21.1 Å². The minimum atomic E-state index is -0.206. The SMILES string of the molecule is Nc1c(Cl)cc(NC(=O)Cc2csc(-c3cccc(Br)c3)n2)cc1Cl. The van der Waals surface area contributed by atoms with Crippen LogP contribution in [0.2, 0.25) is 10.0 Å². The number of carbonyl (C=O) groups is 1. The van der Waals surface area contributed by atoms with Crippen LogP contribution >= 0.6 is 50.5 Å². The number of nitrogen functional groups attached to an aromatic ring is 1. The molecule has 0 unspecified atom stereocenters. The van der Waals surface area contributed by atoms with Crippen LogP contribution in [0.1, 0.15) is 5.69 Å². The highest BCUT2D eigenvalue weighted by atomic mass is 79.9. The fourth-order valence-electron chi connectivity index (χ4n) is 2.17. The van der Waals surface area contributed by atoms with Gasteiger partial charge in [0.1, 0.15) is 5.01 Å². The summed E-state index contributed by atoms with van der Waals surface area (Å²) in [6.45, 7) is 0. The van der Waals surface area contributed by atoms with Crippen LogP contribution in [0.4, 0.5) is 11.4 Å². The predicted molar refractivity (Wildman–Crippen MR) is 108 cm³/mol. The van der Waals surface area contributed by atoms with Crippen molar-refractivity contribution >= 4 is 67.8 Å². The van der Waals surface area contributed by atoms with E-state index in [0.717, 1.165) is 15.0 Å². The molecule has 3 rings (SSSR count). The topological polar surface area (TPSA) is 68.0 Å². The molecule has 0 aliphatic carbocycles. The first-order valence-electron chi connectivity index (χ1n) is 7.17. The first-order valence-corrected chi connectivity index (χ1v) is 9.60. The minimum absolute atomic E-state index is 0.157. The second-order valence-electron chi connectivity index (χ2n) is 5.23. The number of nitrogens with one attached hydrogen (secondary N) is 1. The van der Waals surface area contributed by atoms with Crippen LogP contribution in [-0.2, 0) is 11.2 Å². The van der Waals surface area contributed by atoms with E-state index in [0.29, 0.717) is 27.1 Å². The number of hydrogen-bond donors (Lipinski definition) is 2. The lowest BCUT2D eigenvalue weighted by Crippen LogP contribution is -2.14. The monoisotopic (exact) mass is 455 g/mol. The zero-order chi connectivity index (χ0) is 18.0. The van der Waals surface area contributed by atoms with Crippen molar-refractivity contribution in [2.45, 2.75) is 6.42 Å². The summed E-state index contributed by atoms with van der Waals surface area (Å²) in [7, 11) is 0. The smallest absolute Gasteiger partial charge is 0.230 e. The Labute approximate surface area is 167 Å². The Morgan fingerprint density at radius 1 is 1.24 bits per heavy atom. The van der Waals surface area contributed by atoms with Gasteiger partial charge in [-0.25, -0.2) is 4.98 Å². The lowest BCUT2D eigenvalue weighted by molar-refractivity contribution is -0.115. The van der Waals surface area contributed by atoms with Gasteiger partial charge in [0.15, 0.2) is 0 Å². The molecule has 1 aromatic heterocycles. The van der Waals surface area contributed by atoms with Gasteiger partial charge in [-0.2, -0.15) is 0 Å². The highest BCUT2D eigenvalue weighted by molar-refractivity contribution is 9.10. The molecule has 0 fully saturated rings. The summed E-state index contributed by atoms with van der Waals surface area (Å²) >= 11 is 16.9. The Kier molecular flexibility index (Phi) is 5.64. The van der Waals surface area contributed by atoms with Gasteiger partial charge in [0.25, 0.3) is 0 Å². The van der Waals surface area contributed by atoms with Crippen molar-refractivity contribution in [2.75, 3.05) is 11.1 Å². The molecule has 128 valence electrons. The number of rotatable bonds is 4. The largest absolute Gasteiger partial charge is 0.396 e. The van der Waals surface area contributed by atoms with E-state index in [9.17, 15) is 4.79 Å². The van der Waals surface area contributed by atoms with Gasteiger partial charge >= 0.3 is 0 Å². The summed E-state index contributed by atoms with van der Waals surface area (Å²) in [5.41, 5.74) is 8.18. The quantitative estimate of drug-likeness (QED) is 0.499. The van der Waals surface area contributed by atoms with E-state index < -0.39 is 0 Å². The lowest BCUT2D eigenvalue weighted by Gasteiger charge is -2.07. The molecule has 1 heterocycles. The molecule has 0 saturated carbocycles. The molecular formula is C17H12BrCl2N3OS. The zero-order valence-corrected chi connectivity index (χ0v) is 16.6. The Morgan fingerprint density at radius 2 is 1.96 bits per heavy atom. The maximum Gasteiger partial charge on any atom is 0.230 e. The number of aromatic nitrogens is 1. The van der Waals surface area contributed by atoms with Crippen LogP contribution in [-0.4, -0.2) is 10.9 Å². The summed E-state index contributed by atoms with van der Waals surface area (Å²) in [5.74, 6) is -0.206. The van der Waals surface area contributed by atoms with E-state index in [1.165, 1.54) is 11.3 Å². The van der Waals surface area contributed by atoms with Crippen molar-refractivity contribution in [3.05, 3.63) is 62.0 Å². The van der Waals surface area contributed by atoms with Crippen molar-refractivity contribution in [3.8, 4) is 10.6 Å². The van der Waals surface area contributed by atoms with Gasteiger partial charge in [-0.05, 0) is 24.3 Å². The van der Waals surface area contributed by atoms with Crippen LogP contribution in [0.5, 0.6) is 0 Å². The van der Waals surface area contributed by atoms with Crippen molar-refractivity contribution in [2.24, 2.45) is 0 Å². The third kappa shape index (κ3) is 4.52. The van der Waals surface area contributed by atoms with Crippen LogP contribution in [0.3, 0.4) is 0 Å². The highest BCUT2D eigenvalue weighted by Gasteiger charge is 2.11. The number of nitrogens with two attached hydrogens (primary N) is 1. The van der Waals surface area contributed by atoms with Gasteiger partial charge in [-0.15, -0.1) is 11.3 Å². The number of hydrogen-bond acceptors (Lipinski definition) is 4. The molecule has 4 nitrogen and oxygen atoms in total. The minimum Gasteiger partial charge on any atom is -0.396 e. The molecule has 25 heavy (non-hydrogen) atoms. The van der Waals surface area contributed by atoms with E-state index in [1.807, 2.05) is 29.6 Å². The first kappa shape index (κ1) is 18.2. The molecule has 0 atom stereocenters. The summed E-state index contributed by atoms with van der Waals surface area (Å²) in [6.07, 6.45) is 0.157. The normalized spacial score (nSPS) is 10.7. The summed E-state index contributed by atoms with van der Waals surface area (Å²) in [6, 6.07) is 11.0. The highest BCUT2D eigenvalue weighted by Crippen LogP contribution is 2.31. The van der Waals surface area contributed by atoms with Crippen molar-refractivity contribution < 1.29 is 4.79 Å².